The van der Waals surface area contributed by atoms with Gasteiger partial charge in [-0.25, -0.2) is 9.37 Å². The van der Waals surface area contributed by atoms with Gasteiger partial charge in [0.25, 0.3) is 0 Å². The predicted octanol–water partition coefficient (Wildman–Crippen LogP) is 4.50. The van der Waals surface area contributed by atoms with E-state index in [2.05, 4.69) is 9.97 Å². The van der Waals surface area contributed by atoms with Crippen molar-refractivity contribution in [3.63, 3.8) is 0 Å². The molecule has 5 rings (SSSR count). The van der Waals surface area contributed by atoms with Crippen molar-refractivity contribution in [3.8, 4) is 0 Å². The molecule has 0 N–H and O–H groups in total. The molecule has 0 spiro atoms. The maximum Gasteiger partial charge on any atom is 0.221 e. The lowest BCUT2D eigenvalue weighted by atomic mass is 9.87. The first kappa shape index (κ1) is 16.1. The number of hydrogen-bond donors (Lipinski definition) is 0. The number of rotatable bonds is 4. The zero-order chi connectivity index (χ0) is 18.4. The van der Waals surface area contributed by atoms with Gasteiger partial charge in [-0.3, -0.25) is 9.97 Å². The lowest BCUT2D eigenvalue weighted by molar-refractivity contribution is 0.267. The third kappa shape index (κ3) is 2.46. The summed E-state index contributed by atoms with van der Waals surface area (Å²) in [4.78, 5) is 13.5. The Bertz CT molecular complexity index is 1060. The van der Waals surface area contributed by atoms with Gasteiger partial charge in [0.15, 0.2) is 0 Å². The highest BCUT2D eigenvalue weighted by Gasteiger charge is 2.42. The molecule has 1 fully saturated rings. The van der Waals surface area contributed by atoms with Crippen LogP contribution in [0, 0.1) is 0 Å². The number of halogens is 1. The summed E-state index contributed by atoms with van der Waals surface area (Å²) in [5, 5.41) is 0. The molecule has 0 bridgehead atoms. The van der Waals surface area contributed by atoms with E-state index in [1.54, 1.807) is 48.8 Å². The number of alkyl halides is 1. The molecule has 0 unspecified atom stereocenters. The van der Waals surface area contributed by atoms with Crippen LogP contribution in [0.5, 0.6) is 0 Å². The lowest BCUT2D eigenvalue weighted by Gasteiger charge is -2.26. The van der Waals surface area contributed by atoms with Crippen molar-refractivity contribution in [2.75, 3.05) is 0 Å². The summed E-state index contributed by atoms with van der Waals surface area (Å²) in [6, 6.07) is 16.2. The second-order valence-corrected chi connectivity index (χ2v) is 7.07. The summed E-state index contributed by atoms with van der Waals surface area (Å²) in [7, 11) is 1.98. The van der Waals surface area contributed by atoms with E-state index in [1.807, 2.05) is 29.8 Å². The second-order valence-electron chi connectivity index (χ2n) is 7.07. The van der Waals surface area contributed by atoms with Crippen LogP contribution < -0.4 is 0 Å². The summed E-state index contributed by atoms with van der Waals surface area (Å²) >= 11 is 0. The molecule has 0 saturated heterocycles. The number of imidazole rings is 1. The zero-order valence-corrected chi connectivity index (χ0v) is 15.0. The summed E-state index contributed by atoms with van der Waals surface area (Å²) in [5.41, 5.74) is 0.829. The molecule has 3 heterocycles. The minimum Gasteiger partial charge on any atom is -0.331 e. The number of fused-ring (bicyclic) bond motifs is 1. The molecule has 3 aromatic heterocycles. The monoisotopic (exact) mass is 358 g/mol. The van der Waals surface area contributed by atoms with Crippen LogP contribution in [0.4, 0.5) is 4.39 Å². The average molecular weight is 358 g/mol. The first-order valence-electron chi connectivity index (χ1n) is 9.17. The van der Waals surface area contributed by atoms with Gasteiger partial charge in [0.05, 0.1) is 22.4 Å². The minimum atomic E-state index is -1.96. The van der Waals surface area contributed by atoms with Crippen molar-refractivity contribution in [1.82, 2.24) is 19.5 Å². The number of hydrogen-bond acceptors (Lipinski definition) is 3. The molecule has 0 aliphatic heterocycles. The van der Waals surface area contributed by atoms with Gasteiger partial charge in [0, 0.05) is 30.9 Å². The van der Waals surface area contributed by atoms with Crippen LogP contribution >= 0.6 is 0 Å². The van der Waals surface area contributed by atoms with Crippen molar-refractivity contribution in [3.05, 3.63) is 89.8 Å². The number of aromatic nitrogens is 4. The first-order valence-corrected chi connectivity index (χ1v) is 9.17. The SMILES string of the molecule is Cn1c(C2CC2)nc2cccc(C(F)(c3ccccn3)c3ccccn3)c21. The van der Waals surface area contributed by atoms with Gasteiger partial charge in [-0.15, -0.1) is 0 Å². The molecule has 1 saturated carbocycles. The van der Waals surface area contributed by atoms with Crippen LogP contribution in [0.1, 0.15) is 41.5 Å². The van der Waals surface area contributed by atoms with Crippen molar-refractivity contribution >= 4 is 11.0 Å². The van der Waals surface area contributed by atoms with E-state index in [0.717, 1.165) is 29.7 Å². The largest absolute Gasteiger partial charge is 0.331 e. The van der Waals surface area contributed by atoms with E-state index in [1.165, 1.54) is 0 Å². The van der Waals surface area contributed by atoms with Crippen molar-refractivity contribution in [2.45, 2.75) is 24.4 Å². The molecule has 0 amide bonds. The zero-order valence-electron chi connectivity index (χ0n) is 15.0. The molecule has 1 aliphatic rings. The average Bonchev–Trinajstić information content (AvgIpc) is 3.52. The number of aryl methyl sites for hydroxylation is 1. The number of pyridine rings is 2. The highest BCUT2D eigenvalue weighted by atomic mass is 19.1. The van der Waals surface area contributed by atoms with Crippen LogP contribution in [-0.4, -0.2) is 19.5 Å². The van der Waals surface area contributed by atoms with E-state index in [0.29, 0.717) is 22.9 Å². The summed E-state index contributed by atoms with van der Waals surface area (Å²) in [6.07, 6.45) is 5.53. The summed E-state index contributed by atoms with van der Waals surface area (Å²) < 4.78 is 19.0. The molecule has 4 nitrogen and oxygen atoms in total. The first-order chi connectivity index (χ1) is 13.2. The third-order valence-electron chi connectivity index (χ3n) is 5.28. The summed E-state index contributed by atoms with van der Waals surface area (Å²) in [5.74, 6) is 1.51. The molecule has 0 radical (unpaired) electrons. The molecule has 1 aromatic carbocycles. The van der Waals surface area contributed by atoms with E-state index < -0.39 is 5.67 Å². The molecule has 0 atom stereocenters. The maximum atomic E-state index is 17.0. The Morgan fingerprint density at radius 3 is 2.15 bits per heavy atom. The van der Waals surface area contributed by atoms with Gasteiger partial charge in [0.2, 0.25) is 5.67 Å². The van der Waals surface area contributed by atoms with Gasteiger partial charge >= 0.3 is 0 Å². The topological polar surface area (TPSA) is 43.6 Å². The number of para-hydroxylation sites is 1. The Balaban J connectivity index is 1.83. The maximum absolute atomic E-state index is 17.0. The van der Waals surface area contributed by atoms with Crippen LogP contribution in [0.15, 0.2) is 67.0 Å². The van der Waals surface area contributed by atoms with Crippen molar-refractivity contribution < 1.29 is 4.39 Å². The van der Waals surface area contributed by atoms with E-state index in [-0.39, 0.29) is 0 Å². The second kappa shape index (κ2) is 5.98. The van der Waals surface area contributed by atoms with E-state index >= 15 is 4.39 Å². The molecule has 4 aromatic rings. The van der Waals surface area contributed by atoms with Crippen molar-refractivity contribution in [1.29, 1.82) is 0 Å². The predicted molar refractivity (Wildman–Crippen MR) is 102 cm³/mol. The highest BCUT2D eigenvalue weighted by Crippen LogP contribution is 2.44. The number of nitrogens with zero attached hydrogens (tertiary/aromatic N) is 4. The van der Waals surface area contributed by atoms with Crippen LogP contribution in [0.3, 0.4) is 0 Å². The Morgan fingerprint density at radius 2 is 1.59 bits per heavy atom. The van der Waals surface area contributed by atoms with Gasteiger partial charge in [-0.1, -0.05) is 24.3 Å². The molecule has 134 valence electrons. The third-order valence-corrected chi connectivity index (χ3v) is 5.28. The highest BCUT2D eigenvalue weighted by molar-refractivity contribution is 5.82. The molecular weight excluding hydrogens is 339 g/mol. The smallest absolute Gasteiger partial charge is 0.221 e. The van der Waals surface area contributed by atoms with Gasteiger partial charge < -0.3 is 4.57 Å². The fourth-order valence-electron chi connectivity index (χ4n) is 3.81. The standard InChI is InChI=1S/C22H19FN4/c1-27-20-16(7-6-8-17(20)26-21(27)15-11-12-15)22(23,18-9-2-4-13-24-18)19-10-3-5-14-25-19/h2-10,13-15H,11-12H2,1H3. The van der Waals surface area contributed by atoms with E-state index in [9.17, 15) is 0 Å². The fraction of sp³-hybridized carbons (Fsp3) is 0.227. The Kier molecular flexibility index (Phi) is 3.57. The van der Waals surface area contributed by atoms with Crippen molar-refractivity contribution in [2.24, 2.45) is 7.05 Å². The Hall–Kier alpha value is -3.08. The van der Waals surface area contributed by atoms with E-state index in [4.69, 9.17) is 4.98 Å². The van der Waals surface area contributed by atoms with Gasteiger partial charge in [-0.2, -0.15) is 0 Å². The Labute approximate surface area is 156 Å². The van der Waals surface area contributed by atoms with Gasteiger partial charge in [-0.05, 0) is 43.2 Å². The minimum absolute atomic E-state index is 0.324. The normalized spacial score (nSPS) is 14.6. The van der Waals surface area contributed by atoms with Crippen LogP contribution in [0.25, 0.3) is 11.0 Å². The molecule has 1 aliphatic carbocycles. The van der Waals surface area contributed by atoms with Crippen LogP contribution in [0.2, 0.25) is 0 Å². The molecule has 5 heteroatoms. The van der Waals surface area contributed by atoms with Crippen LogP contribution in [-0.2, 0) is 12.7 Å². The summed E-state index contributed by atoms with van der Waals surface area (Å²) in [6.45, 7) is 0. The van der Waals surface area contributed by atoms with Gasteiger partial charge in [0.1, 0.15) is 5.82 Å². The number of benzene rings is 1. The quantitative estimate of drug-likeness (QED) is 0.539. The molecular formula is C22H19FN4. The Morgan fingerprint density at radius 1 is 0.926 bits per heavy atom. The lowest BCUT2D eigenvalue weighted by Crippen LogP contribution is -2.27. The molecule has 27 heavy (non-hydrogen) atoms. The fourth-order valence-corrected chi connectivity index (χ4v) is 3.81.